The van der Waals surface area contributed by atoms with E-state index in [0.717, 1.165) is 18.8 Å². The summed E-state index contributed by atoms with van der Waals surface area (Å²) in [6.07, 6.45) is 8.75. The van der Waals surface area contributed by atoms with E-state index in [9.17, 15) is 19.5 Å². The quantitative estimate of drug-likeness (QED) is 0.430. The van der Waals surface area contributed by atoms with Gasteiger partial charge in [0, 0.05) is 45.0 Å². The maximum Gasteiger partial charge on any atom is 0.249 e. The van der Waals surface area contributed by atoms with Crippen LogP contribution >= 0.6 is 0 Å². The number of amides is 3. The highest BCUT2D eigenvalue weighted by atomic mass is 16.5. The number of hydrogen-bond acceptors (Lipinski definition) is 7. The molecule has 5 heterocycles. The SMILES string of the molecule is CC[C@@]12C=CCN(c3ccccc3)C(=O)[C@@H]1[C@H]1C(=O)N([C@@H](CO)CC(C)C)C3C(=O)N(CCN4CCOCC4)CC=C[C@@]31O2. The zero-order valence-corrected chi connectivity index (χ0v) is 26.1. The highest BCUT2D eigenvalue weighted by Gasteiger charge is 2.76. The molecule has 5 aliphatic heterocycles. The first-order valence-corrected chi connectivity index (χ1v) is 16.2. The van der Waals surface area contributed by atoms with Crippen LogP contribution in [-0.2, 0) is 23.9 Å². The monoisotopic (exact) mass is 606 g/mol. The van der Waals surface area contributed by atoms with Gasteiger partial charge < -0.3 is 29.3 Å². The van der Waals surface area contributed by atoms with Gasteiger partial charge in [-0.15, -0.1) is 0 Å². The maximum absolute atomic E-state index is 14.8. The minimum absolute atomic E-state index is 0.178. The van der Waals surface area contributed by atoms with Crippen molar-refractivity contribution >= 4 is 23.4 Å². The molecule has 0 aliphatic carbocycles. The first-order valence-electron chi connectivity index (χ1n) is 16.2. The van der Waals surface area contributed by atoms with Gasteiger partial charge in [0.2, 0.25) is 17.7 Å². The van der Waals surface area contributed by atoms with E-state index in [0.29, 0.717) is 52.2 Å². The van der Waals surface area contributed by atoms with Crippen molar-refractivity contribution in [2.24, 2.45) is 17.8 Å². The summed E-state index contributed by atoms with van der Waals surface area (Å²) in [5.41, 5.74) is -1.64. The summed E-state index contributed by atoms with van der Waals surface area (Å²) in [7, 11) is 0. The van der Waals surface area contributed by atoms with Crippen molar-refractivity contribution < 1.29 is 29.0 Å². The second-order valence-corrected chi connectivity index (χ2v) is 13.2. The molecule has 1 aromatic rings. The third-order valence-electron chi connectivity index (χ3n) is 10.2. The van der Waals surface area contributed by atoms with Crippen LogP contribution in [0.25, 0.3) is 0 Å². The Kier molecular flexibility index (Phi) is 8.71. The van der Waals surface area contributed by atoms with Crippen molar-refractivity contribution in [1.82, 2.24) is 14.7 Å². The first-order chi connectivity index (χ1) is 21.3. The van der Waals surface area contributed by atoms with Gasteiger partial charge in [0.1, 0.15) is 11.6 Å². The lowest BCUT2D eigenvalue weighted by Crippen LogP contribution is -2.59. The highest BCUT2D eigenvalue weighted by Crippen LogP contribution is 2.59. The predicted molar refractivity (Wildman–Crippen MR) is 166 cm³/mol. The Morgan fingerprint density at radius 2 is 1.66 bits per heavy atom. The van der Waals surface area contributed by atoms with E-state index in [-0.39, 0.29) is 30.2 Å². The molecule has 0 radical (unpaired) electrons. The first kappa shape index (κ1) is 31.0. The Morgan fingerprint density at radius 3 is 2.34 bits per heavy atom. The van der Waals surface area contributed by atoms with Gasteiger partial charge in [0.05, 0.1) is 43.3 Å². The molecule has 0 aromatic heterocycles. The van der Waals surface area contributed by atoms with E-state index in [2.05, 4.69) is 4.90 Å². The molecule has 10 heteroatoms. The number of hydrogen-bond donors (Lipinski definition) is 1. The summed E-state index contributed by atoms with van der Waals surface area (Å²) in [6, 6.07) is 7.93. The largest absolute Gasteiger partial charge is 0.394 e. The van der Waals surface area contributed by atoms with Crippen LogP contribution in [0.5, 0.6) is 0 Å². The van der Waals surface area contributed by atoms with Crippen LogP contribution in [0, 0.1) is 17.8 Å². The zero-order chi connectivity index (χ0) is 31.1. The minimum atomic E-state index is -1.34. The van der Waals surface area contributed by atoms with E-state index >= 15 is 0 Å². The zero-order valence-electron chi connectivity index (χ0n) is 26.1. The van der Waals surface area contributed by atoms with Crippen molar-refractivity contribution in [2.45, 2.75) is 56.9 Å². The molecule has 238 valence electrons. The molecule has 44 heavy (non-hydrogen) atoms. The Bertz CT molecular complexity index is 1300. The fourth-order valence-electron chi connectivity index (χ4n) is 8.09. The van der Waals surface area contributed by atoms with Crippen LogP contribution in [-0.4, -0.2) is 120 Å². The lowest BCUT2D eigenvalue weighted by molar-refractivity contribution is -0.156. The van der Waals surface area contributed by atoms with Gasteiger partial charge in [-0.1, -0.05) is 63.3 Å². The van der Waals surface area contributed by atoms with Gasteiger partial charge in [-0.05, 0) is 30.9 Å². The number of aliphatic hydroxyl groups is 1. The molecule has 10 nitrogen and oxygen atoms in total. The highest BCUT2D eigenvalue weighted by molar-refractivity contribution is 6.04. The van der Waals surface area contributed by atoms with Crippen LogP contribution in [0.1, 0.15) is 33.6 Å². The summed E-state index contributed by atoms with van der Waals surface area (Å²) in [4.78, 5) is 51.6. The van der Waals surface area contributed by atoms with Crippen molar-refractivity contribution in [3.63, 3.8) is 0 Å². The number of para-hydroxylation sites is 1. The number of carbonyl (C=O) groups excluding carboxylic acids is 3. The van der Waals surface area contributed by atoms with Gasteiger partial charge in [-0.3, -0.25) is 19.3 Å². The number of fused-ring (bicyclic) bond motifs is 2. The summed E-state index contributed by atoms with van der Waals surface area (Å²) < 4.78 is 12.6. The van der Waals surface area contributed by atoms with Gasteiger partial charge in [-0.25, -0.2) is 0 Å². The third-order valence-corrected chi connectivity index (χ3v) is 10.2. The number of ether oxygens (including phenoxy) is 2. The molecule has 6 atom stereocenters. The average Bonchev–Trinajstić information content (AvgIpc) is 3.33. The molecule has 1 N–H and O–H groups in total. The Balaban J connectivity index is 1.42. The van der Waals surface area contributed by atoms with Gasteiger partial charge in [-0.2, -0.15) is 0 Å². The maximum atomic E-state index is 14.8. The molecule has 0 saturated carbocycles. The molecule has 3 amide bonds. The molecule has 3 fully saturated rings. The normalized spacial score (nSPS) is 33.0. The van der Waals surface area contributed by atoms with Gasteiger partial charge >= 0.3 is 0 Å². The number of carbonyl (C=O) groups is 3. The average molecular weight is 607 g/mol. The standard InChI is InChI=1S/C34H46N4O6/c1-4-33-12-8-15-37(25-10-6-5-7-11-25)30(40)27(33)28-31(41)38(26(23-39)22-24(2)3)29-32(42)36(14-9-13-34(28,29)44-33)17-16-35-18-20-43-21-19-35/h5-13,24,26-29,39H,4,14-23H2,1-3H3/t26-,27+,28+,29?,33-,34+/m1/s1. The lowest BCUT2D eigenvalue weighted by atomic mass is 9.73. The number of benzene rings is 1. The Labute approximate surface area is 260 Å². The summed E-state index contributed by atoms with van der Waals surface area (Å²) in [5.74, 6) is -2.23. The number of rotatable bonds is 9. The van der Waals surface area contributed by atoms with Crippen LogP contribution in [0.3, 0.4) is 0 Å². The second kappa shape index (κ2) is 12.4. The van der Waals surface area contributed by atoms with E-state index < -0.39 is 35.1 Å². The number of nitrogens with zero attached hydrogens (tertiary/aromatic N) is 4. The number of likely N-dealkylation sites (tertiary alicyclic amines) is 1. The molecule has 3 saturated heterocycles. The van der Waals surface area contributed by atoms with Crippen LogP contribution < -0.4 is 4.90 Å². The van der Waals surface area contributed by atoms with E-state index in [1.807, 2.05) is 80.3 Å². The molecule has 1 unspecified atom stereocenters. The van der Waals surface area contributed by atoms with Gasteiger partial charge in [0.25, 0.3) is 0 Å². The lowest BCUT2D eigenvalue weighted by Gasteiger charge is -2.41. The molecule has 6 rings (SSSR count). The number of anilines is 1. The molecule has 1 aromatic carbocycles. The van der Waals surface area contributed by atoms with Crippen molar-refractivity contribution in [2.75, 3.05) is 64.0 Å². The van der Waals surface area contributed by atoms with E-state index in [1.54, 1.807) is 9.80 Å². The molecule has 0 bridgehead atoms. The van der Waals surface area contributed by atoms with Crippen molar-refractivity contribution in [3.8, 4) is 0 Å². The van der Waals surface area contributed by atoms with E-state index in [4.69, 9.17) is 9.47 Å². The van der Waals surface area contributed by atoms with Crippen LogP contribution in [0.2, 0.25) is 0 Å². The summed E-state index contributed by atoms with van der Waals surface area (Å²) in [6.45, 7) is 10.7. The van der Waals surface area contributed by atoms with Crippen LogP contribution in [0.4, 0.5) is 5.69 Å². The Morgan fingerprint density at radius 1 is 0.932 bits per heavy atom. The minimum Gasteiger partial charge on any atom is -0.394 e. The molecule has 5 aliphatic rings. The summed E-state index contributed by atoms with van der Waals surface area (Å²) >= 11 is 0. The topological polar surface area (TPSA) is 103 Å². The molecule has 1 spiro atoms. The van der Waals surface area contributed by atoms with Crippen molar-refractivity contribution in [3.05, 3.63) is 54.6 Å². The van der Waals surface area contributed by atoms with Crippen molar-refractivity contribution in [1.29, 1.82) is 0 Å². The molecular formula is C34H46N4O6. The second-order valence-electron chi connectivity index (χ2n) is 13.2. The van der Waals surface area contributed by atoms with E-state index in [1.165, 1.54) is 0 Å². The number of morpholine rings is 1. The smallest absolute Gasteiger partial charge is 0.249 e. The Hall–Kier alpha value is -3.05. The summed E-state index contributed by atoms with van der Waals surface area (Å²) in [5, 5.41) is 10.6. The number of aliphatic hydroxyl groups excluding tert-OH is 1. The predicted octanol–water partition coefficient (Wildman–Crippen LogP) is 2.09. The third kappa shape index (κ3) is 5.09. The van der Waals surface area contributed by atoms with Gasteiger partial charge in [0.15, 0.2) is 0 Å². The molecular weight excluding hydrogens is 560 g/mol. The fraction of sp³-hybridized carbons (Fsp3) is 0.618. The van der Waals surface area contributed by atoms with Crippen LogP contribution in [0.15, 0.2) is 54.6 Å². The fourth-order valence-corrected chi connectivity index (χ4v) is 8.09.